The zero-order valence-electron chi connectivity index (χ0n) is 11.1. The van der Waals surface area contributed by atoms with Crippen molar-refractivity contribution in [2.24, 2.45) is 0 Å². The van der Waals surface area contributed by atoms with E-state index in [4.69, 9.17) is 16.9 Å². The molecule has 104 valence electrons. The Balaban J connectivity index is 2.11. The van der Waals surface area contributed by atoms with Gasteiger partial charge in [-0.05, 0) is 18.6 Å². The monoisotopic (exact) mass is 315 g/mol. The topological polar surface area (TPSA) is 78.2 Å². The van der Waals surface area contributed by atoms with Crippen LogP contribution in [0.2, 0.25) is 5.02 Å². The highest BCUT2D eigenvalue weighted by Gasteiger charge is 2.18. The van der Waals surface area contributed by atoms with E-state index in [0.29, 0.717) is 16.4 Å². The number of aryl methyl sites for hydroxylation is 1. The second-order valence-corrected chi connectivity index (χ2v) is 5.82. The van der Waals surface area contributed by atoms with Crippen LogP contribution in [0.4, 0.5) is 0 Å². The van der Waals surface area contributed by atoms with Crippen LogP contribution < -0.4 is 0 Å². The van der Waals surface area contributed by atoms with Crippen molar-refractivity contribution >= 4 is 22.9 Å². The maximum absolute atomic E-state index is 9.09. The van der Waals surface area contributed by atoms with Crippen LogP contribution in [0.5, 0.6) is 0 Å². The van der Waals surface area contributed by atoms with Gasteiger partial charge in [-0.1, -0.05) is 35.9 Å². The van der Waals surface area contributed by atoms with E-state index in [1.54, 1.807) is 11.3 Å². The summed E-state index contributed by atoms with van der Waals surface area (Å²) in [6.07, 6.45) is 0.818. The van der Waals surface area contributed by atoms with E-state index in [2.05, 4.69) is 27.3 Å². The first-order valence-corrected chi connectivity index (χ1v) is 7.49. The van der Waals surface area contributed by atoms with Crippen LogP contribution in [0.15, 0.2) is 24.3 Å². The van der Waals surface area contributed by atoms with E-state index >= 15 is 0 Å². The van der Waals surface area contributed by atoms with Gasteiger partial charge in [0.2, 0.25) is 0 Å². The van der Waals surface area contributed by atoms with Crippen LogP contribution >= 0.6 is 22.9 Å². The first-order valence-electron chi connectivity index (χ1n) is 6.30. The number of halogens is 1. The van der Waals surface area contributed by atoms with Crippen molar-refractivity contribution in [2.45, 2.75) is 13.3 Å². The molecule has 3 aromatic rings. The Bertz CT molecular complexity index is 813. The fourth-order valence-electron chi connectivity index (χ4n) is 1.96. The number of nitrogens with zero attached hydrogens (tertiary/aromatic N) is 4. The molecule has 0 spiro atoms. The predicted octanol–water partition coefficient (Wildman–Crippen LogP) is 3.68. The summed E-state index contributed by atoms with van der Waals surface area (Å²) >= 11 is 7.50. The lowest BCUT2D eigenvalue weighted by Crippen LogP contribution is -1.87. The molecule has 0 bridgehead atoms. The minimum absolute atomic E-state index is 0.331. The average Bonchev–Trinajstić information content (AvgIpc) is 3.13. The van der Waals surface area contributed by atoms with Crippen molar-refractivity contribution in [2.75, 3.05) is 0 Å². The Morgan fingerprint density at radius 1 is 1.29 bits per heavy atom. The lowest BCUT2D eigenvalue weighted by atomic mass is 10.2. The molecule has 0 saturated carbocycles. The van der Waals surface area contributed by atoms with E-state index in [0.717, 1.165) is 27.6 Å². The molecule has 0 unspecified atom stereocenters. The normalized spacial score (nSPS) is 10.5. The number of H-pyrrole nitrogens is 1. The Morgan fingerprint density at radius 3 is 2.71 bits per heavy atom. The Kier molecular flexibility index (Phi) is 3.69. The van der Waals surface area contributed by atoms with Gasteiger partial charge in [0.15, 0.2) is 5.69 Å². The van der Waals surface area contributed by atoms with Gasteiger partial charge in [0.25, 0.3) is 0 Å². The van der Waals surface area contributed by atoms with Crippen LogP contribution in [0.25, 0.3) is 22.0 Å². The summed E-state index contributed by atoms with van der Waals surface area (Å²) in [6, 6.07) is 9.57. The molecule has 2 aromatic heterocycles. The molecular formula is C14H10ClN5S. The number of nitrogens with one attached hydrogen (secondary N) is 1. The van der Waals surface area contributed by atoms with Crippen molar-refractivity contribution in [3.63, 3.8) is 0 Å². The van der Waals surface area contributed by atoms with Crippen LogP contribution in [0, 0.1) is 11.3 Å². The van der Waals surface area contributed by atoms with Crippen molar-refractivity contribution in [3.8, 4) is 28.0 Å². The van der Waals surface area contributed by atoms with E-state index in [9.17, 15) is 0 Å². The van der Waals surface area contributed by atoms with Crippen LogP contribution in [-0.2, 0) is 6.42 Å². The highest BCUT2D eigenvalue weighted by atomic mass is 35.5. The van der Waals surface area contributed by atoms with Crippen molar-refractivity contribution < 1.29 is 0 Å². The maximum atomic E-state index is 9.09. The summed E-state index contributed by atoms with van der Waals surface area (Å²) in [5.74, 6) is 0. The molecule has 3 rings (SSSR count). The van der Waals surface area contributed by atoms with E-state index < -0.39 is 0 Å². The molecular weight excluding hydrogens is 306 g/mol. The summed E-state index contributed by atoms with van der Waals surface area (Å²) in [4.78, 5) is 5.71. The highest BCUT2D eigenvalue weighted by Crippen LogP contribution is 2.34. The number of benzene rings is 1. The number of hydrogen-bond acceptors (Lipinski definition) is 5. The summed E-state index contributed by atoms with van der Waals surface area (Å²) in [5, 5.41) is 20.9. The van der Waals surface area contributed by atoms with Gasteiger partial charge >= 0.3 is 0 Å². The molecule has 0 aliphatic carbocycles. The summed E-state index contributed by atoms with van der Waals surface area (Å²) in [5.41, 5.74) is 2.55. The number of thiazole rings is 1. The highest BCUT2D eigenvalue weighted by molar-refractivity contribution is 7.15. The molecule has 0 aliphatic heterocycles. The van der Waals surface area contributed by atoms with Gasteiger partial charge in [0.1, 0.15) is 22.5 Å². The number of aromatic amines is 1. The maximum Gasteiger partial charge on any atom is 0.165 e. The minimum Gasteiger partial charge on any atom is -0.247 e. The van der Waals surface area contributed by atoms with Gasteiger partial charge in [0, 0.05) is 15.5 Å². The van der Waals surface area contributed by atoms with Gasteiger partial charge in [0.05, 0.1) is 0 Å². The molecule has 0 fully saturated rings. The molecule has 7 heteroatoms. The molecule has 0 amide bonds. The van der Waals surface area contributed by atoms with Crippen molar-refractivity contribution in [1.29, 1.82) is 5.26 Å². The molecule has 0 saturated heterocycles. The van der Waals surface area contributed by atoms with E-state index in [1.807, 2.05) is 30.3 Å². The van der Waals surface area contributed by atoms with Crippen molar-refractivity contribution in [1.82, 2.24) is 20.4 Å². The van der Waals surface area contributed by atoms with Gasteiger partial charge in [-0.25, -0.2) is 10.1 Å². The van der Waals surface area contributed by atoms with Gasteiger partial charge in [-0.3, -0.25) is 0 Å². The number of rotatable bonds is 3. The van der Waals surface area contributed by atoms with E-state index in [1.165, 1.54) is 0 Å². The Labute approximate surface area is 130 Å². The molecule has 0 aliphatic rings. The largest absolute Gasteiger partial charge is 0.247 e. The van der Waals surface area contributed by atoms with Gasteiger partial charge in [-0.15, -0.1) is 16.4 Å². The van der Waals surface area contributed by atoms with Crippen LogP contribution in [0.3, 0.4) is 0 Å². The Hall–Kier alpha value is -2.23. The fraction of sp³-hybridized carbons (Fsp3) is 0.143. The molecule has 21 heavy (non-hydrogen) atoms. The van der Waals surface area contributed by atoms with Gasteiger partial charge < -0.3 is 0 Å². The molecule has 0 atom stereocenters. The number of aromatic nitrogens is 4. The summed E-state index contributed by atoms with van der Waals surface area (Å²) < 4.78 is 0. The first-order chi connectivity index (χ1) is 10.2. The lowest BCUT2D eigenvalue weighted by molar-refractivity contribution is 0.936. The molecule has 5 nitrogen and oxygen atoms in total. The van der Waals surface area contributed by atoms with Crippen LogP contribution in [-0.4, -0.2) is 20.4 Å². The Morgan fingerprint density at radius 2 is 2.05 bits per heavy atom. The summed E-state index contributed by atoms with van der Waals surface area (Å²) in [7, 11) is 0. The summed E-state index contributed by atoms with van der Waals surface area (Å²) in [6.45, 7) is 2.05. The SMILES string of the molecule is CCc1sc(-c2ccc(Cl)cc2)nc1-c1nn[nH]c1C#N. The molecule has 1 aromatic carbocycles. The molecule has 0 radical (unpaired) electrons. The lowest BCUT2D eigenvalue weighted by Gasteiger charge is -1.95. The standard InChI is InChI=1S/C14H10ClN5S/c1-2-11-13(12-10(7-16)18-20-19-12)17-14(21-11)8-3-5-9(15)6-4-8/h3-6H,2H2,1H3,(H,18,19,20). The molecule has 1 N–H and O–H groups in total. The first kappa shape index (κ1) is 13.7. The van der Waals surface area contributed by atoms with Crippen molar-refractivity contribution in [3.05, 3.63) is 39.9 Å². The van der Waals surface area contributed by atoms with Gasteiger partial charge in [-0.2, -0.15) is 5.26 Å². The second-order valence-electron chi connectivity index (χ2n) is 4.30. The molecule has 2 heterocycles. The zero-order chi connectivity index (χ0) is 14.8. The number of nitriles is 1. The van der Waals surface area contributed by atoms with Crippen LogP contribution in [0.1, 0.15) is 17.5 Å². The fourth-order valence-corrected chi connectivity index (χ4v) is 3.10. The third-order valence-corrected chi connectivity index (χ3v) is 4.50. The third-order valence-electron chi connectivity index (χ3n) is 2.99. The number of hydrogen-bond donors (Lipinski definition) is 1. The zero-order valence-corrected chi connectivity index (χ0v) is 12.7. The average molecular weight is 316 g/mol. The van der Waals surface area contributed by atoms with E-state index in [-0.39, 0.29) is 0 Å². The quantitative estimate of drug-likeness (QED) is 0.799. The smallest absolute Gasteiger partial charge is 0.165 e. The predicted molar refractivity (Wildman–Crippen MR) is 82.0 cm³/mol. The minimum atomic E-state index is 0.331. The second kappa shape index (κ2) is 5.64. The third kappa shape index (κ3) is 2.53.